The molecule has 5 nitrogen and oxygen atoms in total. The second kappa shape index (κ2) is 8.33. The summed E-state index contributed by atoms with van der Waals surface area (Å²) in [4.78, 5) is 17.0. The van der Waals surface area contributed by atoms with Crippen molar-refractivity contribution < 1.29 is 22.7 Å². The van der Waals surface area contributed by atoms with Crippen molar-refractivity contribution in [2.75, 3.05) is 13.7 Å². The summed E-state index contributed by atoms with van der Waals surface area (Å²) in [6.07, 6.45) is 1.51. The number of benzene rings is 2. The quantitative estimate of drug-likeness (QED) is 0.580. The monoisotopic (exact) mass is 443 g/mol. The fraction of sp³-hybridized carbons (Fsp3) is 0.333. The van der Waals surface area contributed by atoms with E-state index < -0.39 is 17.2 Å². The zero-order valence-corrected chi connectivity index (χ0v) is 17.9. The Morgan fingerprint density at radius 3 is 2.59 bits per heavy atom. The minimum absolute atomic E-state index is 0.276. The third-order valence-corrected chi connectivity index (χ3v) is 6.13. The van der Waals surface area contributed by atoms with Gasteiger partial charge in [-0.25, -0.2) is 4.98 Å². The minimum Gasteiger partial charge on any atom is -0.495 e. The molecule has 0 saturated heterocycles. The van der Waals surface area contributed by atoms with Gasteiger partial charge in [0.15, 0.2) is 0 Å². The molecule has 4 rings (SSSR count). The van der Waals surface area contributed by atoms with Crippen LogP contribution in [-0.4, -0.2) is 29.1 Å². The summed E-state index contributed by atoms with van der Waals surface area (Å²) in [5.74, 6) is 0.223. The van der Waals surface area contributed by atoms with Crippen LogP contribution in [0, 0.1) is 6.92 Å². The van der Waals surface area contributed by atoms with Crippen molar-refractivity contribution in [3.63, 3.8) is 0 Å². The maximum Gasteiger partial charge on any atom is 0.416 e. The number of amides is 1. The zero-order chi connectivity index (χ0) is 22.9. The first-order valence-corrected chi connectivity index (χ1v) is 10.4. The first-order chi connectivity index (χ1) is 15.2. The molecule has 0 radical (unpaired) electrons. The van der Waals surface area contributed by atoms with Crippen molar-refractivity contribution in [2.24, 2.45) is 0 Å². The van der Waals surface area contributed by atoms with Crippen LogP contribution < -0.4 is 10.1 Å². The van der Waals surface area contributed by atoms with Gasteiger partial charge in [-0.05, 0) is 49.6 Å². The van der Waals surface area contributed by atoms with E-state index in [0.29, 0.717) is 16.9 Å². The number of hydrogen-bond donors (Lipinski definition) is 1. The SMILES string of the molecule is COc1cc(C(=O)NCC2(c3cccc(C(F)(F)F)c3)CCC2)ccc1-n1cnc(C)c1. The fourth-order valence-electron chi connectivity index (χ4n) is 4.13. The van der Waals surface area contributed by atoms with E-state index in [0.717, 1.165) is 36.7 Å². The summed E-state index contributed by atoms with van der Waals surface area (Å²) < 4.78 is 46.7. The molecule has 0 spiro atoms. The van der Waals surface area contributed by atoms with Gasteiger partial charge >= 0.3 is 6.18 Å². The van der Waals surface area contributed by atoms with E-state index in [1.54, 1.807) is 30.6 Å². The predicted molar refractivity (Wildman–Crippen MR) is 114 cm³/mol. The molecular weight excluding hydrogens is 419 g/mol. The Morgan fingerprint density at radius 2 is 2.00 bits per heavy atom. The summed E-state index contributed by atoms with van der Waals surface area (Å²) in [7, 11) is 1.53. The van der Waals surface area contributed by atoms with E-state index in [1.165, 1.54) is 19.2 Å². The molecule has 3 aromatic rings. The highest BCUT2D eigenvalue weighted by Gasteiger charge is 2.40. The largest absolute Gasteiger partial charge is 0.495 e. The van der Waals surface area contributed by atoms with E-state index in [1.807, 2.05) is 17.7 Å². The molecule has 1 saturated carbocycles. The Morgan fingerprint density at radius 1 is 1.22 bits per heavy atom. The van der Waals surface area contributed by atoms with E-state index in [4.69, 9.17) is 4.74 Å². The first-order valence-electron chi connectivity index (χ1n) is 10.4. The van der Waals surface area contributed by atoms with Gasteiger partial charge in [-0.1, -0.05) is 24.6 Å². The minimum atomic E-state index is -4.39. The molecule has 8 heteroatoms. The molecule has 0 unspecified atom stereocenters. The van der Waals surface area contributed by atoms with Gasteiger partial charge in [-0.2, -0.15) is 13.2 Å². The molecule has 0 atom stereocenters. The Kier molecular flexibility index (Phi) is 5.71. The van der Waals surface area contributed by atoms with Crippen LogP contribution in [0.2, 0.25) is 0 Å². The topological polar surface area (TPSA) is 56.1 Å². The van der Waals surface area contributed by atoms with Gasteiger partial charge in [-0.3, -0.25) is 4.79 Å². The van der Waals surface area contributed by atoms with Crippen molar-refractivity contribution in [1.29, 1.82) is 0 Å². The average molecular weight is 443 g/mol. The van der Waals surface area contributed by atoms with Gasteiger partial charge < -0.3 is 14.6 Å². The Hall–Kier alpha value is -3.29. The van der Waals surface area contributed by atoms with Gasteiger partial charge in [-0.15, -0.1) is 0 Å². The highest BCUT2D eigenvalue weighted by Crippen LogP contribution is 2.44. The third-order valence-electron chi connectivity index (χ3n) is 6.13. The molecule has 1 amide bonds. The lowest BCUT2D eigenvalue weighted by atomic mass is 9.64. The molecule has 2 aromatic carbocycles. The van der Waals surface area contributed by atoms with E-state index >= 15 is 0 Å². The third kappa shape index (κ3) is 4.22. The molecule has 1 heterocycles. The number of alkyl halides is 3. The molecule has 0 bridgehead atoms. The van der Waals surface area contributed by atoms with E-state index in [-0.39, 0.29) is 12.5 Å². The first kappa shape index (κ1) is 21.9. The normalized spacial score (nSPS) is 15.2. The van der Waals surface area contributed by atoms with Crippen LogP contribution in [-0.2, 0) is 11.6 Å². The number of imidazole rings is 1. The highest BCUT2D eigenvalue weighted by atomic mass is 19.4. The fourth-order valence-corrected chi connectivity index (χ4v) is 4.13. The number of hydrogen-bond acceptors (Lipinski definition) is 3. The molecule has 1 aliphatic rings. The van der Waals surface area contributed by atoms with Crippen molar-refractivity contribution >= 4 is 5.91 Å². The van der Waals surface area contributed by atoms with Gasteiger partial charge in [0.25, 0.3) is 5.91 Å². The standard InChI is InChI=1S/C24H24F3N3O2/c1-16-13-30(15-29-16)20-8-7-17(11-21(20)32-2)22(31)28-14-23(9-4-10-23)18-5-3-6-19(12-18)24(25,26)27/h3,5-8,11-13,15H,4,9-10,14H2,1-2H3,(H,28,31). The lowest BCUT2D eigenvalue weighted by Gasteiger charge is -2.43. The van der Waals surface area contributed by atoms with Crippen molar-refractivity contribution in [3.05, 3.63) is 77.4 Å². The van der Waals surface area contributed by atoms with Crippen LogP contribution >= 0.6 is 0 Å². The molecule has 1 aromatic heterocycles. The number of ether oxygens (including phenoxy) is 1. The summed E-state index contributed by atoms with van der Waals surface area (Å²) >= 11 is 0. The number of aromatic nitrogens is 2. The van der Waals surface area contributed by atoms with Crippen LogP contribution in [0.3, 0.4) is 0 Å². The number of rotatable bonds is 6. The smallest absolute Gasteiger partial charge is 0.416 e. The second-order valence-corrected chi connectivity index (χ2v) is 8.20. The molecule has 0 aliphatic heterocycles. The van der Waals surface area contributed by atoms with Gasteiger partial charge in [0, 0.05) is 23.7 Å². The number of aryl methyl sites for hydroxylation is 1. The Balaban J connectivity index is 1.52. The molecule has 32 heavy (non-hydrogen) atoms. The number of carbonyl (C=O) groups excluding carboxylic acids is 1. The maximum absolute atomic E-state index is 13.2. The second-order valence-electron chi connectivity index (χ2n) is 8.20. The summed E-state index contributed by atoms with van der Waals surface area (Å²) in [5.41, 5.74) is 1.50. The van der Waals surface area contributed by atoms with Crippen molar-refractivity contribution in [3.8, 4) is 11.4 Å². The van der Waals surface area contributed by atoms with E-state index in [9.17, 15) is 18.0 Å². The van der Waals surface area contributed by atoms with Crippen LogP contribution in [0.5, 0.6) is 5.75 Å². The molecular formula is C24H24F3N3O2. The number of halogens is 3. The lowest BCUT2D eigenvalue weighted by Crippen LogP contribution is -2.45. The van der Waals surface area contributed by atoms with Gasteiger partial charge in [0.05, 0.1) is 30.4 Å². The van der Waals surface area contributed by atoms with Gasteiger partial charge in [0.1, 0.15) is 5.75 Å². The Bertz CT molecular complexity index is 1130. The van der Waals surface area contributed by atoms with Crippen LogP contribution in [0.15, 0.2) is 55.0 Å². The number of carbonyl (C=O) groups is 1. The lowest BCUT2D eigenvalue weighted by molar-refractivity contribution is -0.137. The van der Waals surface area contributed by atoms with E-state index in [2.05, 4.69) is 10.3 Å². The molecule has 168 valence electrons. The number of nitrogens with zero attached hydrogens (tertiary/aromatic N) is 2. The van der Waals surface area contributed by atoms with Crippen LogP contribution in [0.25, 0.3) is 5.69 Å². The summed E-state index contributed by atoms with van der Waals surface area (Å²) in [6.45, 7) is 2.16. The number of nitrogens with one attached hydrogen (secondary N) is 1. The van der Waals surface area contributed by atoms with Gasteiger partial charge in [0.2, 0.25) is 0 Å². The summed E-state index contributed by atoms with van der Waals surface area (Å²) in [5, 5.41) is 2.92. The maximum atomic E-state index is 13.2. The Labute approximate surface area is 184 Å². The van der Waals surface area contributed by atoms with Crippen LogP contribution in [0.1, 0.15) is 46.4 Å². The van der Waals surface area contributed by atoms with Crippen molar-refractivity contribution in [1.82, 2.24) is 14.9 Å². The average Bonchev–Trinajstić information content (AvgIpc) is 3.18. The number of methoxy groups -OCH3 is 1. The predicted octanol–water partition coefficient (Wildman–Crippen LogP) is 5.06. The molecule has 1 fully saturated rings. The summed E-state index contributed by atoms with van der Waals surface area (Å²) in [6, 6.07) is 10.5. The van der Waals surface area contributed by atoms with Crippen LogP contribution in [0.4, 0.5) is 13.2 Å². The molecule has 1 aliphatic carbocycles. The molecule has 1 N–H and O–H groups in total. The highest BCUT2D eigenvalue weighted by molar-refractivity contribution is 5.95. The zero-order valence-electron chi connectivity index (χ0n) is 17.9. The van der Waals surface area contributed by atoms with Crippen molar-refractivity contribution in [2.45, 2.75) is 37.8 Å².